The quantitative estimate of drug-likeness (QED) is 0.868. The maximum atomic E-state index is 12.1. The zero-order valence-corrected chi connectivity index (χ0v) is 13.4. The summed E-state index contributed by atoms with van der Waals surface area (Å²) in [5.41, 5.74) is 1.16. The Morgan fingerprint density at radius 3 is 2.95 bits per heavy atom. The van der Waals surface area contributed by atoms with Crippen molar-refractivity contribution in [3.8, 4) is 12.3 Å². The van der Waals surface area contributed by atoms with Crippen LogP contribution >= 0.6 is 11.6 Å². The van der Waals surface area contributed by atoms with Gasteiger partial charge in [0, 0.05) is 30.8 Å². The van der Waals surface area contributed by atoms with Crippen LogP contribution in [0.3, 0.4) is 0 Å². The normalized spacial score (nSPS) is 14.3. The first-order valence-corrected chi connectivity index (χ1v) is 7.31. The van der Waals surface area contributed by atoms with Crippen LogP contribution in [0.4, 0.5) is 0 Å². The summed E-state index contributed by atoms with van der Waals surface area (Å²) >= 11 is 6.00. The number of nitrogens with zero attached hydrogens (tertiary/aromatic N) is 2. The highest BCUT2D eigenvalue weighted by molar-refractivity contribution is 6.31. The molecule has 0 saturated carbocycles. The Morgan fingerprint density at radius 2 is 2.36 bits per heavy atom. The van der Waals surface area contributed by atoms with E-state index in [-0.39, 0.29) is 17.9 Å². The Labute approximate surface area is 135 Å². The fraction of sp³-hybridized carbons (Fsp3) is 0.294. The maximum Gasteiger partial charge on any atom is 0.228 e. The Hall–Kier alpha value is -2.25. The lowest BCUT2D eigenvalue weighted by atomic mass is 10.0. The molecule has 2 heterocycles. The van der Waals surface area contributed by atoms with Crippen LogP contribution in [0, 0.1) is 12.3 Å². The molecule has 0 fully saturated rings. The summed E-state index contributed by atoms with van der Waals surface area (Å²) in [5.74, 6) is 2.63. The van der Waals surface area contributed by atoms with Gasteiger partial charge in [-0.05, 0) is 37.6 Å². The van der Waals surface area contributed by atoms with E-state index < -0.39 is 0 Å². The van der Waals surface area contributed by atoms with Gasteiger partial charge in [0.2, 0.25) is 5.91 Å². The fourth-order valence-electron chi connectivity index (χ4n) is 2.01. The Balaban J connectivity index is 1.94. The number of halogens is 1. The minimum Gasteiger partial charge on any atom is -0.358 e. The Bertz CT molecular complexity index is 671. The molecule has 114 valence electrons. The standard InChI is InChI=1S/C17H18ClN3O/c1-4-17(2,3)21-9-6-14(7-10-21)20-16(22)11-13-5-8-19-12-15(13)18/h1,5-9,12H,10-11H2,2-3H3,(H,20,22). The van der Waals surface area contributed by atoms with Gasteiger partial charge in [0.15, 0.2) is 0 Å². The summed E-state index contributed by atoms with van der Waals surface area (Å²) in [7, 11) is 0. The number of hydrogen-bond donors (Lipinski definition) is 1. The third kappa shape index (κ3) is 3.90. The summed E-state index contributed by atoms with van der Waals surface area (Å²) < 4.78 is 0. The zero-order chi connectivity index (χ0) is 16.2. The molecule has 0 saturated heterocycles. The van der Waals surface area contributed by atoms with Crippen molar-refractivity contribution in [1.82, 2.24) is 15.2 Å². The number of rotatable bonds is 4. The molecule has 0 atom stereocenters. The number of aromatic nitrogens is 1. The summed E-state index contributed by atoms with van der Waals surface area (Å²) in [6.07, 6.45) is 14.6. The van der Waals surface area contributed by atoms with Crippen LogP contribution in [0.2, 0.25) is 5.02 Å². The van der Waals surface area contributed by atoms with E-state index in [2.05, 4.69) is 16.2 Å². The average Bonchev–Trinajstić information content (AvgIpc) is 2.50. The molecule has 1 aromatic rings. The minimum atomic E-state index is -0.354. The summed E-state index contributed by atoms with van der Waals surface area (Å²) in [4.78, 5) is 18.0. The highest BCUT2D eigenvalue weighted by atomic mass is 35.5. The van der Waals surface area contributed by atoms with Gasteiger partial charge in [-0.3, -0.25) is 9.78 Å². The number of amides is 1. The van der Waals surface area contributed by atoms with E-state index in [0.29, 0.717) is 11.6 Å². The number of carbonyl (C=O) groups is 1. The monoisotopic (exact) mass is 315 g/mol. The fourth-order valence-corrected chi connectivity index (χ4v) is 2.20. The van der Waals surface area contributed by atoms with Crippen molar-refractivity contribution in [2.24, 2.45) is 0 Å². The third-order valence-electron chi connectivity index (χ3n) is 3.50. The van der Waals surface area contributed by atoms with Crippen LogP contribution in [-0.4, -0.2) is 27.9 Å². The molecular formula is C17H18ClN3O. The minimum absolute atomic E-state index is 0.117. The van der Waals surface area contributed by atoms with Crippen molar-refractivity contribution in [3.63, 3.8) is 0 Å². The molecule has 0 unspecified atom stereocenters. The molecule has 1 aliphatic heterocycles. The van der Waals surface area contributed by atoms with Gasteiger partial charge in [-0.25, -0.2) is 0 Å². The number of nitrogens with one attached hydrogen (secondary N) is 1. The zero-order valence-electron chi connectivity index (χ0n) is 12.6. The van der Waals surface area contributed by atoms with Crippen molar-refractivity contribution in [1.29, 1.82) is 0 Å². The van der Waals surface area contributed by atoms with Crippen LogP contribution in [0.25, 0.3) is 0 Å². The van der Waals surface area contributed by atoms with Gasteiger partial charge in [-0.2, -0.15) is 0 Å². The molecule has 1 aromatic heterocycles. The molecule has 1 amide bonds. The first-order chi connectivity index (χ1) is 10.4. The summed E-state index contributed by atoms with van der Waals surface area (Å²) in [6.45, 7) is 4.60. The van der Waals surface area contributed by atoms with Gasteiger partial charge in [-0.1, -0.05) is 17.5 Å². The molecule has 22 heavy (non-hydrogen) atoms. The van der Waals surface area contributed by atoms with E-state index in [1.165, 1.54) is 6.20 Å². The lowest BCUT2D eigenvalue weighted by molar-refractivity contribution is -0.119. The van der Waals surface area contributed by atoms with Crippen LogP contribution in [0.1, 0.15) is 19.4 Å². The van der Waals surface area contributed by atoms with Crippen LogP contribution in [0.15, 0.2) is 42.5 Å². The van der Waals surface area contributed by atoms with Gasteiger partial charge >= 0.3 is 0 Å². The summed E-state index contributed by atoms with van der Waals surface area (Å²) in [5, 5.41) is 3.36. The first-order valence-electron chi connectivity index (χ1n) is 6.93. The topological polar surface area (TPSA) is 45.2 Å². The highest BCUT2D eigenvalue weighted by Crippen LogP contribution is 2.18. The van der Waals surface area contributed by atoms with Gasteiger partial charge < -0.3 is 10.2 Å². The molecule has 0 aliphatic carbocycles. The van der Waals surface area contributed by atoms with Crippen molar-refractivity contribution in [2.45, 2.75) is 25.8 Å². The molecule has 1 aliphatic rings. The highest BCUT2D eigenvalue weighted by Gasteiger charge is 2.22. The van der Waals surface area contributed by atoms with Crippen molar-refractivity contribution in [2.75, 3.05) is 6.54 Å². The number of carbonyl (C=O) groups excluding carboxylic acids is 1. The largest absolute Gasteiger partial charge is 0.358 e. The van der Waals surface area contributed by atoms with E-state index >= 15 is 0 Å². The molecule has 0 radical (unpaired) electrons. The second-order valence-electron chi connectivity index (χ2n) is 5.52. The van der Waals surface area contributed by atoms with Crippen LogP contribution < -0.4 is 5.32 Å². The van der Waals surface area contributed by atoms with E-state index in [9.17, 15) is 4.79 Å². The van der Waals surface area contributed by atoms with E-state index in [1.807, 2.05) is 37.1 Å². The van der Waals surface area contributed by atoms with Crippen LogP contribution in [-0.2, 0) is 11.2 Å². The molecule has 1 N–H and O–H groups in total. The predicted octanol–water partition coefficient (Wildman–Crippen LogP) is 2.52. The van der Waals surface area contributed by atoms with Gasteiger partial charge in [-0.15, -0.1) is 6.42 Å². The molecule has 0 aromatic carbocycles. The Kier molecular flexibility index (Phi) is 4.89. The van der Waals surface area contributed by atoms with Crippen molar-refractivity contribution in [3.05, 3.63) is 53.1 Å². The second kappa shape index (κ2) is 6.67. The van der Waals surface area contributed by atoms with E-state index in [1.54, 1.807) is 12.3 Å². The lowest BCUT2D eigenvalue weighted by Crippen LogP contribution is -2.40. The number of allylic oxidation sites excluding steroid dienone is 1. The van der Waals surface area contributed by atoms with Crippen LogP contribution in [0.5, 0.6) is 0 Å². The molecule has 2 rings (SSSR count). The SMILES string of the molecule is C#CC(C)(C)N1C=CC(NC(=O)Cc2ccncc2Cl)=CC1. The van der Waals surface area contributed by atoms with Gasteiger partial charge in [0.05, 0.1) is 17.0 Å². The average molecular weight is 316 g/mol. The number of pyridine rings is 1. The molecule has 4 nitrogen and oxygen atoms in total. The predicted molar refractivity (Wildman–Crippen MR) is 87.9 cm³/mol. The third-order valence-corrected chi connectivity index (χ3v) is 3.84. The van der Waals surface area contributed by atoms with Gasteiger partial charge in [0.25, 0.3) is 0 Å². The van der Waals surface area contributed by atoms with Crippen molar-refractivity contribution < 1.29 is 4.79 Å². The van der Waals surface area contributed by atoms with Gasteiger partial charge in [0.1, 0.15) is 0 Å². The molecule has 0 spiro atoms. The second-order valence-corrected chi connectivity index (χ2v) is 5.93. The molecule has 5 heteroatoms. The number of hydrogen-bond acceptors (Lipinski definition) is 3. The first kappa shape index (κ1) is 16.1. The van der Waals surface area contributed by atoms with E-state index in [4.69, 9.17) is 18.0 Å². The maximum absolute atomic E-state index is 12.1. The van der Waals surface area contributed by atoms with Crippen molar-refractivity contribution >= 4 is 17.5 Å². The molecular weight excluding hydrogens is 298 g/mol. The Morgan fingerprint density at radius 1 is 1.59 bits per heavy atom. The summed E-state index contributed by atoms with van der Waals surface area (Å²) in [6, 6.07) is 1.74. The number of terminal acetylenes is 1. The lowest BCUT2D eigenvalue weighted by Gasteiger charge is -2.34. The van der Waals surface area contributed by atoms with E-state index in [0.717, 1.165) is 11.3 Å². The smallest absolute Gasteiger partial charge is 0.228 e. The molecule has 0 bridgehead atoms.